The molecule has 0 unspecified atom stereocenters. The second-order valence-electron chi connectivity index (χ2n) is 5.29. The molecule has 1 fully saturated rings. The Morgan fingerprint density at radius 1 is 1.20 bits per heavy atom. The van der Waals surface area contributed by atoms with Crippen molar-refractivity contribution in [2.24, 2.45) is 0 Å². The molecule has 1 rings (SSSR count). The van der Waals surface area contributed by atoms with Crippen LogP contribution in [0.4, 0.5) is 0 Å². The van der Waals surface area contributed by atoms with Crippen LogP contribution in [0.15, 0.2) is 12.7 Å². The highest BCUT2D eigenvalue weighted by Gasteiger charge is 2.40. The third-order valence-electron chi connectivity index (χ3n) is 3.62. The molecule has 1 aliphatic heterocycles. The molecule has 1 heterocycles. The normalized spacial score (nSPS) is 27.6. The Morgan fingerprint density at radius 3 is 2.50 bits per heavy atom. The molecule has 0 aromatic rings. The van der Waals surface area contributed by atoms with Crippen molar-refractivity contribution in [1.82, 2.24) is 0 Å². The Labute approximate surface area is 121 Å². The predicted molar refractivity (Wildman–Crippen MR) is 76.5 cm³/mol. The van der Waals surface area contributed by atoms with Gasteiger partial charge in [0.25, 0.3) is 0 Å². The van der Waals surface area contributed by atoms with Crippen LogP contribution in [0.2, 0.25) is 0 Å². The summed E-state index contributed by atoms with van der Waals surface area (Å²) < 4.78 is 10.8. The van der Waals surface area contributed by atoms with Crippen molar-refractivity contribution in [3.05, 3.63) is 12.7 Å². The first kappa shape index (κ1) is 17.6. The van der Waals surface area contributed by atoms with Gasteiger partial charge in [-0.05, 0) is 19.3 Å². The van der Waals surface area contributed by atoms with Gasteiger partial charge < -0.3 is 24.8 Å². The van der Waals surface area contributed by atoms with Gasteiger partial charge in [0.15, 0.2) is 0 Å². The Hall–Kier alpha value is -0.460. The average molecular weight is 288 g/mol. The monoisotopic (exact) mass is 288 g/mol. The Kier molecular flexibility index (Phi) is 9.05. The van der Waals surface area contributed by atoms with Crippen LogP contribution >= 0.6 is 0 Å². The van der Waals surface area contributed by atoms with Crippen molar-refractivity contribution in [3.63, 3.8) is 0 Å². The molecule has 0 aromatic carbocycles. The lowest BCUT2D eigenvalue weighted by Crippen LogP contribution is -2.42. The molecule has 0 amide bonds. The van der Waals surface area contributed by atoms with E-state index in [2.05, 4.69) is 6.58 Å². The minimum atomic E-state index is -0.981. The van der Waals surface area contributed by atoms with Crippen molar-refractivity contribution in [1.29, 1.82) is 0 Å². The summed E-state index contributed by atoms with van der Waals surface area (Å²) in [4.78, 5) is 0. The Balaban J connectivity index is 2.08. The maximum atomic E-state index is 9.71. The fraction of sp³-hybridized carbons (Fsp3) is 0.867. The summed E-state index contributed by atoms with van der Waals surface area (Å²) in [5, 5.41) is 28.4. The molecule has 1 saturated heterocycles. The van der Waals surface area contributed by atoms with E-state index in [0.717, 1.165) is 19.3 Å². The standard InChI is InChI=1S/C15H28O5/c1-2-3-4-5-6-7-8-9-19-13(10-16)15-14(18)12(17)11-20-15/h2,12-18H,1,3-11H2/t12-,13+,14-,15-/m0/s1. The van der Waals surface area contributed by atoms with Gasteiger partial charge in [-0.25, -0.2) is 0 Å². The smallest absolute Gasteiger partial charge is 0.114 e. The van der Waals surface area contributed by atoms with E-state index in [1.807, 2.05) is 6.08 Å². The van der Waals surface area contributed by atoms with Gasteiger partial charge in [0, 0.05) is 6.61 Å². The van der Waals surface area contributed by atoms with E-state index in [1.165, 1.54) is 19.3 Å². The fourth-order valence-corrected chi connectivity index (χ4v) is 2.36. The lowest BCUT2D eigenvalue weighted by atomic mass is 10.1. The summed E-state index contributed by atoms with van der Waals surface area (Å²) in [6.07, 6.45) is 5.51. The summed E-state index contributed by atoms with van der Waals surface area (Å²) in [7, 11) is 0. The van der Waals surface area contributed by atoms with Gasteiger partial charge in [-0.1, -0.05) is 25.3 Å². The van der Waals surface area contributed by atoms with Gasteiger partial charge in [-0.3, -0.25) is 0 Å². The Bertz CT molecular complexity index is 259. The van der Waals surface area contributed by atoms with E-state index in [9.17, 15) is 15.3 Å². The third-order valence-corrected chi connectivity index (χ3v) is 3.62. The number of hydrogen-bond acceptors (Lipinski definition) is 5. The summed E-state index contributed by atoms with van der Waals surface area (Å²) in [6.45, 7) is 4.11. The molecule has 118 valence electrons. The molecule has 5 nitrogen and oxygen atoms in total. The zero-order valence-electron chi connectivity index (χ0n) is 12.1. The number of allylic oxidation sites excluding steroid dienone is 1. The van der Waals surface area contributed by atoms with Crippen LogP contribution in [0.5, 0.6) is 0 Å². The van der Waals surface area contributed by atoms with Crippen LogP contribution < -0.4 is 0 Å². The van der Waals surface area contributed by atoms with E-state index in [-0.39, 0.29) is 13.2 Å². The molecule has 0 aliphatic carbocycles. The van der Waals surface area contributed by atoms with E-state index in [1.54, 1.807) is 0 Å². The zero-order valence-corrected chi connectivity index (χ0v) is 12.1. The zero-order chi connectivity index (χ0) is 14.8. The first-order chi connectivity index (χ1) is 9.70. The van der Waals surface area contributed by atoms with Gasteiger partial charge in [-0.15, -0.1) is 6.58 Å². The number of aliphatic hydroxyl groups excluding tert-OH is 3. The van der Waals surface area contributed by atoms with E-state index >= 15 is 0 Å². The summed E-state index contributed by atoms with van der Waals surface area (Å²) >= 11 is 0. The minimum Gasteiger partial charge on any atom is -0.394 e. The molecule has 0 spiro atoms. The second kappa shape index (κ2) is 10.3. The maximum Gasteiger partial charge on any atom is 0.114 e. The molecule has 0 saturated carbocycles. The molecule has 3 N–H and O–H groups in total. The molecular weight excluding hydrogens is 260 g/mol. The van der Waals surface area contributed by atoms with Crippen LogP contribution in [0.25, 0.3) is 0 Å². The first-order valence-electron chi connectivity index (χ1n) is 7.51. The molecule has 20 heavy (non-hydrogen) atoms. The van der Waals surface area contributed by atoms with Crippen LogP contribution in [-0.2, 0) is 9.47 Å². The molecular formula is C15H28O5. The van der Waals surface area contributed by atoms with Gasteiger partial charge >= 0.3 is 0 Å². The number of unbranched alkanes of at least 4 members (excludes halogenated alkanes) is 5. The van der Waals surface area contributed by atoms with Crippen molar-refractivity contribution in [2.45, 2.75) is 62.9 Å². The van der Waals surface area contributed by atoms with Gasteiger partial charge in [0.05, 0.1) is 13.2 Å². The van der Waals surface area contributed by atoms with Crippen molar-refractivity contribution >= 4 is 0 Å². The number of aliphatic hydroxyl groups is 3. The molecule has 0 aromatic heterocycles. The highest BCUT2D eigenvalue weighted by Crippen LogP contribution is 2.19. The lowest BCUT2D eigenvalue weighted by molar-refractivity contribution is -0.101. The van der Waals surface area contributed by atoms with E-state index in [0.29, 0.717) is 6.61 Å². The molecule has 0 bridgehead atoms. The molecule has 0 radical (unpaired) electrons. The minimum absolute atomic E-state index is 0.0923. The molecule has 1 aliphatic rings. The van der Waals surface area contributed by atoms with Crippen LogP contribution in [0, 0.1) is 0 Å². The topological polar surface area (TPSA) is 79.2 Å². The maximum absolute atomic E-state index is 9.71. The van der Waals surface area contributed by atoms with E-state index < -0.39 is 24.4 Å². The second-order valence-corrected chi connectivity index (χ2v) is 5.29. The highest BCUT2D eigenvalue weighted by atomic mass is 16.6. The highest BCUT2D eigenvalue weighted by molar-refractivity contribution is 4.88. The average Bonchev–Trinajstić information content (AvgIpc) is 2.78. The summed E-state index contributed by atoms with van der Waals surface area (Å²) in [5.74, 6) is 0. The largest absolute Gasteiger partial charge is 0.394 e. The number of rotatable bonds is 11. The third kappa shape index (κ3) is 5.89. The SMILES string of the molecule is C=CCCCCCCCO[C@H](CO)[C@@H]1OC[C@H](O)[C@@H]1O. The summed E-state index contributed by atoms with van der Waals surface area (Å²) in [5.41, 5.74) is 0. The number of hydrogen-bond donors (Lipinski definition) is 3. The van der Waals surface area contributed by atoms with Crippen LogP contribution in [0.3, 0.4) is 0 Å². The van der Waals surface area contributed by atoms with E-state index in [4.69, 9.17) is 9.47 Å². The quantitative estimate of drug-likeness (QED) is 0.391. The van der Waals surface area contributed by atoms with Crippen molar-refractivity contribution in [2.75, 3.05) is 19.8 Å². The van der Waals surface area contributed by atoms with Gasteiger partial charge in [-0.2, -0.15) is 0 Å². The number of ether oxygens (including phenoxy) is 2. The first-order valence-corrected chi connectivity index (χ1v) is 7.51. The Morgan fingerprint density at radius 2 is 1.90 bits per heavy atom. The van der Waals surface area contributed by atoms with Crippen molar-refractivity contribution in [3.8, 4) is 0 Å². The lowest BCUT2D eigenvalue weighted by Gasteiger charge is -2.24. The van der Waals surface area contributed by atoms with Crippen LogP contribution in [0.1, 0.15) is 38.5 Å². The fourth-order valence-electron chi connectivity index (χ4n) is 2.36. The molecule has 5 heteroatoms. The van der Waals surface area contributed by atoms with Gasteiger partial charge in [0.2, 0.25) is 0 Å². The van der Waals surface area contributed by atoms with Crippen LogP contribution in [-0.4, -0.2) is 59.6 Å². The van der Waals surface area contributed by atoms with Gasteiger partial charge in [0.1, 0.15) is 24.4 Å². The van der Waals surface area contributed by atoms with Crippen molar-refractivity contribution < 1.29 is 24.8 Å². The summed E-state index contributed by atoms with van der Waals surface area (Å²) in [6, 6.07) is 0. The predicted octanol–water partition coefficient (Wildman–Crippen LogP) is 1.01. The molecule has 4 atom stereocenters.